The second-order valence-corrected chi connectivity index (χ2v) is 5.34. The topological polar surface area (TPSA) is 58.8 Å². The average molecular weight is 322 g/mol. The Morgan fingerprint density at radius 2 is 1.96 bits per heavy atom. The van der Waals surface area contributed by atoms with Crippen molar-refractivity contribution >= 4 is 16.8 Å². The number of pyridine rings is 2. The third kappa shape index (κ3) is 2.38. The van der Waals surface area contributed by atoms with Gasteiger partial charge < -0.3 is 9.84 Å². The minimum Gasteiger partial charge on any atom is -0.386 e. The fourth-order valence-corrected chi connectivity index (χ4v) is 2.62. The highest BCUT2D eigenvalue weighted by molar-refractivity contribution is 5.78. The van der Waals surface area contributed by atoms with Gasteiger partial charge in [0.2, 0.25) is 0 Å². The third-order valence-corrected chi connectivity index (χ3v) is 3.88. The van der Waals surface area contributed by atoms with E-state index in [1.54, 1.807) is 18.3 Å². The number of anilines is 1. The fourth-order valence-electron chi connectivity index (χ4n) is 2.62. The lowest BCUT2D eigenvalue weighted by Gasteiger charge is -2.08. The van der Waals surface area contributed by atoms with Crippen LogP contribution in [0.1, 0.15) is 0 Å². The highest BCUT2D eigenvalue weighted by Crippen LogP contribution is 2.28. The monoisotopic (exact) mass is 322 g/mol. The summed E-state index contributed by atoms with van der Waals surface area (Å²) >= 11 is 0. The minimum atomic E-state index is -0.235. The first-order valence-electron chi connectivity index (χ1n) is 7.51. The Kier molecular flexibility index (Phi) is 3.42. The van der Waals surface area contributed by atoms with Gasteiger partial charge in [-0.05, 0) is 54.6 Å². The number of nitrogens with zero attached hydrogens (tertiary/aromatic N) is 2. The highest BCUT2D eigenvalue weighted by Gasteiger charge is 2.15. The first-order chi connectivity index (χ1) is 11.8. The van der Waals surface area contributed by atoms with Crippen LogP contribution in [0, 0.1) is 5.82 Å². The van der Waals surface area contributed by atoms with E-state index in [0.29, 0.717) is 0 Å². The minimum absolute atomic E-state index is 0.235. The standard InChI is InChI=1S/C12H11FN2.C6H4N2O/c1-14-11-3-2-8-15-12(11)9-4-6-10(13)7-5-9;1-2-6-5-3-4(1)8(5)7-9-6/h2-8,14H,1H3;1-3,7H. The second kappa shape index (κ2) is 5.73. The Morgan fingerprint density at radius 1 is 1.12 bits per heavy atom. The predicted octanol–water partition coefficient (Wildman–Crippen LogP) is 4.36. The molecule has 5 nitrogen and oxygen atoms in total. The van der Waals surface area contributed by atoms with Crippen LogP contribution in [-0.2, 0) is 0 Å². The number of halogens is 1. The summed E-state index contributed by atoms with van der Waals surface area (Å²) in [5, 5.41) is 5.80. The summed E-state index contributed by atoms with van der Waals surface area (Å²) in [6.45, 7) is 0. The molecule has 4 heterocycles. The number of nitrogens with one attached hydrogen (secondary N) is 2. The van der Waals surface area contributed by atoms with Gasteiger partial charge in [0, 0.05) is 18.8 Å². The van der Waals surface area contributed by atoms with Crippen LogP contribution in [0.25, 0.3) is 28.0 Å². The van der Waals surface area contributed by atoms with Crippen molar-refractivity contribution in [1.29, 1.82) is 0 Å². The van der Waals surface area contributed by atoms with E-state index in [9.17, 15) is 4.39 Å². The number of hydrogen-bond acceptors (Lipinski definition) is 3. The van der Waals surface area contributed by atoms with Crippen LogP contribution in [0.4, 0.5) is 10.1 Å². The number of hydrogen-bond donors (Lipinski definition) is 2. The van der Waals surface area contributed by atoms with Gasteiger partial charge in [0.25, 0.3) is 0 Å². The maximum Gasteiger partial charge on any atom is 0.182 e. The first-order valence-corrected chi connectivity index (χ1v) is 7.51. The molecular formula is C18H15FN4O. The molecule has 24 heavy (non-hydrogen) atoms. The summed E-state index contributed by atoms with van der Waals surface area (Å²) in [6, 6.07) is 16.2. The Hall–Kier alpha value is -3.28. The number of rotatable bonds is 2. The quantitative estimate of drug-likeness (QED) is 0.508. The molecule has 2 N–H and O–H groups in total. The Bertz CT molecular complexity index is 1000. The number of H-pyrrole nitrogens is 1. The lowest BCUT2D eigenvalue weighted by Crippen LogP contribution is -2.02. The normalized spacial score (nSPS) is 10.9. The first kappa shape index (κ1) is 14.3. The van der Waals surface area contributed by atoms with Crippen molar-refractivity contribution < 1.29 is 8.91 Å². The molecule has 0 spiro atoms. The Morgan fingerprint density at radius 3 is 2.62 bits per heavy atom. The van der Waals surface area contributed by atoms with Crippen LogP contribution in [-0.4, -0.2) is 22.0 Å². The van der Waals surface area contributed by atoms with E-state index in [2.05, 4.69) is 21.6 Å². The van der Waals surface area contributed by atoms with Crippen molar-refractivity contribution in [3.8, 4) is 16.9 Å². The molecule has 120 valence electrons. The van der Waals surface area contributed by atoms with E-state index in [-0.39, 0.29) is 5.82 Å². The van der Waals surface area contributed by atoms with Gasteiger partial charge in [0.1, 0.15) is 11.5 Å². The van der Waals surface area contributed by atoms with E-state index >= 15 is 0 Å². The largest absolute Gasteiger partial charge is 0.386 e. The highest BCUT2D eigenvalue weighted by atomic mass is 19.1. The maximum atomic E-state index is 12.7. The fraction of sp³-hybridized carbons (Fsp3) is 0.0556. The van der Waals surface area contributed by atoms with Crippen LogP contribution in [0.5, 0.6) is 0 Å². The lowest BCUT2D eigenvalue weighted by atomic mass is 10.1. The smallest absolute Gasteiger partial charge is 0.182 e. The summed E-state index contributed by atoms with van der Waals surface area (Å²) in [5.74, 6) is -0.235. The molecule has 4 bridgehead atoms. The molecule has 0 unspecified atom stereocenters. The van der Waals surface area contributed by atoms with Crippen LogP contribution in [0.15, 0.2) is 65.3 Å². The molecule has 0 radical (unpaired) electrons. The van der Waals surface area contributed by atoms with Crippen LogP contribution >= 0.6 is 0 Å². The zero-order valence-corrected chi connectivity index (χ0v) is 13.0. The van der Waals surface area contributed by atoms with E-state index in [0.717, 1.165) is 28.2 Å². The van der Waals surface area contributed by atoms with E-state index in [4.69, 9.17) is 4.52 Å². The SMILES string of the molecule is CNc1cccnc1-c1ccc(F)cc1.c1cc2cc3c1o[nH]n2-3. The molecule has 0 atom stereocenters. The molecule has 0 amide bonds. The number of benzene rings is 2. The number of aromatic nitrogens is 3. The molecule has 6 rings (SSSR count). The molecule has 1 aromatic heterocycles. The van der Waals surface area contributed by atoms with Gasteiger partial charge in [0.05, 0.1) is 16.9 Å². The third-order valence-electron chi connectivity index (χ3n) is 3.88. The van der Waals surface area contributed by atoms with E-state index in [1.165, 1.54) is 17.6 Å². The zero-order valence-electron chi connectivity index (χ0n) is 13.0. The van der Waals surface area contributed by atoms with Crippen molar-refractivity contribution in [3.63, 3.8) is 0 Å². The molecule has 2 aromatic carbocycles. The van der Waals surface area contributed by atoms with Crippen molar-refractivity contribution in [3.05, 3.63) is 66.6 Å². The molecule has 3 aromatic rings. The van der Waals surface area contributed by atoms with Gasteiger partial charge in [-0.25, -0.2) is 9.07 Å². The van der Waals surface area contributed by atoms with Gasteiger partial charge in [-0.2, -0.15) is 5.27 Å². The molecule has 0 fully saturated rings. The van der Waals surface area contributed by atoms with E-state index in [1.807, 2.05) is 36.0 Å². The van der Waals surface area contributed by atoms with Crippen molar-refractivity contribution in [2.75, 3.05) is 12.4 Å². The second-order valence-electron chi connectivity index (χ2n) is 5.34. The molecule has 0 saturated carbocycles. The molecule has 0 aliphatic carbocycles. The van der Waals surface area contributed by atoms with Crippen molar-refractivity contribution in [2.45, 2.75) is 0 Å². The van der Waals surface area contributed by atoms with Gasteiger partial charge in [-0.3, -0.25) is 4.98 Å². The molecule has 3 aliphatic heterocycles. The van der Waals surface area contributed by atoms with E-state index < -0.39 is 0 Å². The van der Waals surface area contributed by atoms with Crippen LogP contribution in [0.2, 0.25) is 0 Å². The predicted molar refractivity (Wildman–Crippen MR) is 91.4 cm³/mol. The molecular weight excluding hydrogens is 307 g/mol. The maximum absolute atomic E-state index is 12.7. The summed E-state index contributed by atoms with van der Waals surface area (Å²) in [4.78, 5) is 4.26. The summed E-state index contributed by atoms with van der Waals surface area (Å²) in [5.41, 5.74) is 5.91. The van der Waals surface area contributed by atoms with Gasteiger partial charge in [0.15, 0.2) is 5.58 Å². The number of aromatic amines is 1. The Balaban J connectivity index is 0.000000136. The lowest BCUT2D eigenvalue weighted by molar-refractivity contribution is 0.409. The summed E-state index contributed by atoms with van der Waals surface area (Å²) in [6.07, 6.45) is 1.72. The summed E-state index contributed by atoms with van der Waals surface area (Å²) < 4.78 is 19.7. The van der Waals surface area contributed by atoms with Crippen molar-refractivity contribution in [2.24, 2.45) is 0 Å². The zero-order chi connectivity index (χ0) is 16.5. The van der Waals surface area contributed by atoms with Gasteiger partial charge in [-0.1, -0.05) is 0 Å². The van der Waals surface area contributed by atoms with Gasteiger partial charge >= 0.3 is 0 Å². The average Bonchev–Trinajstić information content (AvgIpc) is 2.84. The molecule has 0 saturated heterocycles. The van der Waals surface area contributed by atoms with Crippen molar-refractivity contribution in [1.82, 2.24) is 14.9 Å². The molecule has 3 aliphatic rings. The Labute approximate surface area is 137 Å². The van der Waals surface area contributed by atoms with Gasteiger partial charge in [-0.15, -0.1) is 0 Å². The van der Waals surface area contributed by atoms with Crippen LogP contribution < -0.4 is 5.32 Å². The summed E-state index contributed by atoms with van der Waals surface area (Å²) in [7, 11) is 1.84. The van der Waals surface area contributed by atoms with Crippen LogP contribution in [0.3, 0.4) is 0 Å². The molecule has 6 heteroatoms. The number of fused-ring (bicyclic) bond motifs is 1.